The van der Waals surface area contributed by atoms with Crippen molar-refractivity contribution in [3.05, 3.63) is 60.4 Å². The minimum Gasteiger partial charge on any atom is -0.196 e. The van der Waals surface area contributed by atoms with Gasteiger partial charge in [-0.1, -0.05) is 32.9 Å². The van der Waals surface area contributed by atoms with Crippen molar-refractivity contribution in [2.24, 2.45) is 0 Å². The van der Waals surface area contributed by atoms with E-state index >= 15 is 0 Å². The molecule has 0 saturated heterocycles. The number of aromatic nitrogens is 1. The van der Waals surface area contributed by atoms with Gasteiger partial charge in [0.15, 0.2) is 0 Å². The fraction of sp³-hybridized carbons (Fsp3) is 0.154. The van der Waals surface area contributed by atoms with Gasteiger partial charge in [0.25, 0.3) is 0 Å². The van der Waals surface area contributed by atoms with Crippen molar-refractivity contribution in [3.63, 3.8) is 0 Å². The fourth-order valence-electron chi connectivity index (χ4n) is 1.56. The van der Waals surface area contributed by atoms with E-state index in [0.29, 0.717) is 0 Å². The molecule has 0 fully saturated rings. The summed E-state index contributed by atoms with van der Waals surface area (Å²) < 4.78 is 27.4. The number of pyridine rings is 1. The summed E-state index contributed by atoms with van der Waals surface area (Å²) >= 11 is 0. The molecule has 0 spiro atoms. The molecule has 0 atom stereocenters. The Hall–Kier alpha value is -1.88. The maximum Gasteiger partial charge on any atom is 0.308 e. The van der Waals surface area contributed by atoms with Gasteiger partial charge in [0.1, 0.15) is 0 Å². The molecule has 5 heteroatoms. The lowest BCUT2D eigenvalue weighted by Gasteiger charge is -2.12. The topological polar surface area (TPSA) is 41.3 Å². The zero-order valence-corrected chi connectivity index (χ0v) is 11.1. The smallest absolute Gasteiger partial charge is 0.196 e. The lowest BCUT2D eigenvalue weighted by Crippen LogP contribution is -2.57. The molecule has 1 heterocycles. The molecule has 0 aliphatic heterocycles. The van der Waals surface area contributed by atoms with E-state index in [1.54, 1.807) is 48.8 Å². The molecular weight excluding hydrogens is 248 g/mol. The van der Waals surface area contributed by atoms with Crippen molar-refractivity contribution >= 4 is 10.0 Å². The summed E-state index contributed by atoms with van der Waals surface area (Å²) in [6.07, 6.45) is 3.37. The summed E-state index contributed by atoms with van der Waals surface area (Å²) in [5.74, 6) is 0. The van der Waals surface area contributed by atoms with Crippen LogP contribution in [0.15, 0.2) is 59.8 Å². The second-order valence-corrected chi connectivity index (χ2v) is 5.96. The Morgan fingerprint density at radius 1 is 1.00 bits per heavy atom. The summed E-state index contributed by atoms with van der Waals surface area (Å²) in [7, 11) is -1.99. The first kappa shape index (κ1) is 12.6. The van der Waals surface area contributed by atoms with E-state index in [2.05, 4.69) is 0 Å². The largest absolute Gasteiger partial charge is 0.308 e. The highest BCUT2D eigenvalue weighted by Crippen LogP contribution is 2.12. The van der Waals surface area contributed by atoms with Gasteiger partial charge in [-0.2, -0.15) is 8.42 Å². The monoisotopic (exact) mass is 263 g/mol. The van der Waals surface area contributed by atoms with E-state index in [0.717, 1.165) is 5.56 Å². The van der Waals surface area contributed by atoms with Gasteiger partial charge in [-0.3, -0.25) is 0 Å². The van der Waals surface area contributed by atoms with Crippen LogP contribution in [0.5, 0.6) is 0 Å². The van der Waals surface area contributed by atoms with Gasteiger partial charge in [0.05, 0.1) is 11.9 Å². The van der Waals surface area contributed by atoms with Gasteiger partial charge in [0.2, 0.25) is 12.4 Å². The molecule has 18 heavy (non-hydrogen) atoms. The number of benzene rings is 1. The summed E-state index contributed by atoms with van der Waals surface area (Å²) in [5, 5.41) is 0. The van der Waals surface area contributed by atoms with Gasteiger partial charge in [0, 0.05) is 12.1 Å². The average molecular weight is 263 g/mol. The molecule has 1 aromatic heterocycles. The first-order chi connectivity index (χ1) is 8.51. The summed E-state index contributed by atoms with van der Waals surface area (Å²) in [4.78, 5) is 0.284. The summed E-state index contributed by atoms with van der Waals surface area (Å²) in [5.41, 5.74) is 1.03. The lowest BCUT2D eigenvalue weighted by molar-refractivity contribution is -0.673. The van der Waals surface area contributed by atoms with Crippen LogP contribution >= 0.6 is 0 Å². The molecule has 94 valence electrons. The molecule has 0 radical (unpaired) electrons. The standard InChI is InChI=1S/C13H15N2O2S/c1-12-6-8-13(9-7-12)18(16,17)14(2)15-10-4-3-5-11-15/h3-11H,1-2H3/q+1. The van der Waals surface area contributed by atoms with Crippen LogP contribution in [-0.4, -0.2) is 15.5 Å². The highest BCUT2D eigenvalue weighted by molar-refractivity contribution is 7.92. The van der Waals surface area contributed by atoms with Crippen LogP contribution in [-0.2, 0) is 10.0 Å². The average Bonchev–Trinajstić information content (AvgIpc) is 2.39. The van der Waals surface area contributed by atoms with E-state index in [1.807, 2.05) is 13.0 Å². The zero-order valence-electron chi connectivity index (χ0n) is 10.3. The van der Waals surface area contributed by atoms with Crippen molar-refractivity contribution < 1.29 is 13.1 Å². The SMILES string of the molecule is Cc1ccc(S(=O)(=O)N(C)[n+]2ccccc2)cc1. The minimum absolute atomic E-state index is 0.284. The van der Waals surface area contributed by atoms with Gasteiger partial charge < -0.3 is 0 Å². The van der Waals surface area contributed by atoms with Gasteiger partial charge in [-0.05, 0) is 19.1 Å². The van der Waals surface area contributed by atoms with Gasteiger partial charge >= 0.3 is 10.0 Å². The van der Waals surface area contributed by atoms with Crippen molar-refractivity contribution in [1.29, 1.82) is 0 Å². The highest BCUT2D eigenvalue weighted by atomic mass is 32.2. The van der Waals surface area contributed by atoms with Crippen molar-refractivity contribution in [2.75, 3.05) is 11.5 Å². The third-order valence-corrected chi connectivity index (χ3v) is 4.44. The van der Waals surface area contributed by atoms with E-state index in [9.17, 15) is 8.42 Å². The minimum atomic E-state index is -3.51. The number of nitrogens with zero attached hydrogens (tertiary/aromatic N) is 2. The predicted molar refractivity (Wildman–Crippen MR) is 69.1 cm³/mol. The maximum atomic E-state index is 12.3. The van der Waals surface area contributed by atoms with Crippen molar-refractivity contribution in [2.45, 2.75) is 11.8 Å². The molecule has 4 nitrogen and oxygen atoms in total. The molecule has 1 aromatic carbocycles. The Balaban J connectivity index is 2.40. The predicted octanol–water partition coefficient (Wildman–Crippen LogP) is 1.24. The Morgan fingerprint density at radius 3 is 2.11 bits per heavy atom. The second kappa shape index (κ2) is 4.78. The molecule has 2 rings (SSSR count). The Morgan fingerprint density at radius 2 is 1.56 bits per heavy atom. The Bertz CT molecular complexity index is 622. The van der Waals surface area contributed by atoms with Crippen LogP contribution in [0.2, 0.25) is 0 Å². The number of hydrogen-bond donors (Lipinski definition) is 0. The van der Waals surface area contributed by atoms with Crippen LogP contribution in [0.4, 0.5) is 0 Å². The molecule has 0 N–H and O–H groups in total. The third kappa shape index (κ3) is 2.36. The number of aryl methyl sites for hydroxylation is 1. The molecule has 0 amide bonds. The second-order valence-electron chi connectivity index (χ2n) is 4.01. The molecule has 0 saturated carbocycles. The molecule has 0 aliphatic rings. The van der Waals surface area contributed by atoms with Crippen molar-refractivity contribution in [3.8, 4) is 0 Å². The first-order valence-corrected chi connectivity index (χ1v) is 6.98. The Labute approximate surface area is 107 Å². The summed E-state index contributed by atoms with van der Waals surface area (Å²) in [6, 6.07) is 12.2. The molecule has 2 aromatic rings. The molecular formula is C13H15N2O2S+. The summed E-state index contributed by atoms with van der Waals surface area (Å²) in [6.45, 7) is 1.92. The zero-order chi connectivity index (χ0) is 13.2. The normalized spacial score (nSPS) is 11.2. The first-order valence-electron chi connectivity index (χ1n) is 5.54. The lowest BCUT2D eigenvalue weighted by atomic mass is 10.2. The van der Waals surface area contributed by atoms with E-state index in [4.69, 9.17) is 0 Å². The third-order valence-electron chi connectivity index (χ3n) is 2.69. The maximum absolute atomic E-state index is 12.3. The van der Waals surface area contributed by atoms with Crippen LogP contribution in [0.3, 0.4) is 0 Å². The number of sulfonamides is 1. The quantitative estimate of drug-likeness (QED) is 0.782. The highest BCUT2D eigenvalue weighted by Gasteiger charge is 2.26. The molecule has 0 unspecified atom stereocenters. The van der Waals surface area contributed by atoms with Crippen LogP contribution in [0.25, 0.3) is 0 Å². The van der Waals surface area contributed by atoms with Crippen LogP contribution < -0.4 is 9.09 Å². The van der Waals surface area contributed by atoms with E-state index in [1.165, 1.54) is 16.1 Å². The van der Waals surface area contributed by atoms with Crippen LogP contribution in [0, 0.1) is 6.92 Å². The number of hydrogen-bond acceptors (Lipinski definition) is 2. The molecule has 0 aliphatic carbocycles. The molecule has 0 bridgehead atoms. The van der Waals surface area contributed by atoms with E-state index < -0.39 is 10.0 Å². The van der Waals surface area contributed by atoms with Gasteiger partial charge in [-0.25, -0.2) is 0 Å². The Kier molecular flexibility index (Phi) is 3.34. The fourth-order valence-corrected chi connectivity index (χ4v) is 2.71. The van der Waals surface area contributed by atoms with E-state index in [-0.39, 0.29) is 4.90 Å². The van der Waals surface area contributed by atoms with Gasteiger partial charge in [-0.15, -0.1) is 0 Å². The van der Waals surface area contributed by atoms with Crippen LogP contribution in [0.1, 0.15) is 5.56 Å². The number of rotatable bonds is 3. The van der Waals surface area contributed by atoms with Crippen molar-refractivity contribution in [1.82, 2.24) is 0 Å².